The number of likely N-dealkylation sites (tertiary alicyclic amines) is 1. The van der Waals surface area contributed by atoms with E-state index in [0.29, 0.717) is 26.1 Å². The van der Waals surface area contributed by atoms with Gasteiger partial charge in [-0.1, -0.05) is 38.1 Å². The Balaban J connectivity index is 1.91. The van der Waals surface area contributed by atoms with Crippen LogP contribution < -0.4 is 4.72 Å². The van der Waals surface area contributed by atoms with Crippen molar-refractivity contribution in [3.05, 3.63) is 35.4 Å². The second-order valence-electron chi connectivity index (χ2n) is 5.65. The summed E-state index contributed by atoms with van der Waals surface area (Å²) in [4.78, 5) is 13.5. The van der Waals surface area contributed by atoms with E-state index < -0.39 is 10.2 Å². The van der Waals surface area contributed by atoms with Crippen LogP contribution in [0.15, 0.2) is 24.3 Å². The Morgan fingerprint density at radius 3 is 2.26 bits per heavy atom. The summed E-state index contributed by atoms with van der Waals surface area (Å²) in [5, 5.41) is 0. The molecule has 1 aromatic rings. The molecule has 2 rings (SSSR count). The minimum Gasteiger partial charge on any atom is -0.338 e. The molecule has 6 nitrogen and oxygen atoms in total. The first-order chi connectivity index (χ1) is 11.0. The van der Waals surface area contributed by atoms with Gasteiger partial charge in [-0.05, 0) is 17.5 Å². The lowest BCUT2D eigenvalue weighted by molar-refractivity contribution is -0.128. The van der Waals surface area contributed by atoms with Crippen molar-refractivity contribution in [3.63, 3.8) is 0 Å². The van der Waals surface area contributed by atoms with Crippen molar-refractivity contribution in [2.45, 2.75) is 39.8 Å². The van der Waals surface area contributed by atoms with Gasteiger partial charge >= 0.3 is 0 Å². The van der Waals surface area contributed by atoms with E-state index in [1.807, 2.05) is 43.0 Å². The molecule has 7 heteroatoms. The standard InChI is InChI=1S/C16H25N3O3S/c1-3-19(4-2)23(21,22)17-12-14-7-9-15(10-8-14)13-18-11-5-6-16(18)20/h7-10,17H,3-6,11-13H2,1-2H3. The first-order valence-electron chi connectivity index (χ1n) is 8.06. The fourth-order valence-electron chi connectivity index (χ4n) is 2.68. The van der Waals surface area contributed by atoms with Gasteiger partial charge in [-0.25, -0.2) is 0 Å². The maximum absolute atomic E-state index is 12.1. The molecule has 1 aliphatic heterocycles. The summed E-state index contributed by atoms with van der Waals surface area (Å²) in [6.45, 7) is 6.26. The number of hydrogen-bond acceptors (Lipinski definition) is 3. The molecule has 1 fully saturated rings. The Kier molecular flexibility index (Phi) is 6.15. The Labute approximate surface area is 138 Å². The summed E-state index contributed by atoms with van der Waals surface area (Å²) in [5.41, 5.74) is 1.97. The molecule has 1 aliphatic rings. The van der Waals surface area contributed by atoms with Gasteiger partial charge in [-0.2, -0.15) is 17.4 Å². The number of carbonyl (C=O) groups excluding carboxylic acids is 1. The summed E-state index contributed by atoms with van der Waals surface area (Å²) in [5.74, 6) is 0.209. The monoisotopic (exact) mass is 339 g/mol. The molecule has 1 heterocycles. The van der Waals surface area contributed by atoms with Crippen molar-refractivity contribution in [1.82, 2.24) is 13.9 Å². The molecule has 0 atom stereocenters. The molecule has 23 heavy (non-hydrogen) atoms. The van der Waals surface area contributed by atoms with Crippen LogP contribution in [0.3, 0.4) is 0 Å². The lowest BCUT2D eigenvalue weighted by atomic mass is 10.1. The zero-order chi connectivity index (χ0) is 16.9. The Bertz CT molecular complexity index is 624. The van der Waals surface area contributed by atoms with Crippen LogP contribution in [0.4, 0.5) is 0 Å². The van der Waals surface area contributed by atoms with E-state index in [0.717, 1.165) is 24.1 Å². The van der Waals surface area contributed by atoms with Gasteiger partial charge in [-0.3, -0.25) is 4.79 Å². The van der Waals surface area contributed by atoms with Crippen LogP contribution in [-0.4, -0.2) is 43.2 Å². The van der Waals surface area contributed by atoms with Crippen LogP contribution in [0, 0.1) is 0 Å². The van der Waals surface area contributed by atoms with Crippen molar-refractivity contribution in [2.24, 2.45) is 0 Å². The molecule has 0 bridgehead atoms. The third kappa shape index (κ3) is 4.76. The quantitative estimate of drug-likeness (QED) is 0.780. The summed E-state index contributed by atoms with van der Waals surface area (Å²) in [7, 11) is -3.43. The smallest absolute Gasteiger partial charge is 0.279 e. The molecule has 1 amide bonds. The van der Waals surface area contributed by atoms with Gasteiger partial charge in [0.1, 0.15) is 0 Å². The number of nitrogens with one attached hydrogen (secondary N) is 1. The van der Waals surface area contributed by atoms with E-state index >= 15 is 0 Å². The lowest BCUT2D eigenvalue weighted by Gasteiger charge is -2.19. The van der Waals surface area contributed by atoms with E-state index in [2.05, 4.69) is 4.72 Å². The summed E-state index contributed by atoms with van der Waals surface area (Å²) in [6, 6.07) is 7.71. The summed E-state index contributed by atoms with van der Waals surface area (Å²) < 4.78 is 28.1. The van der Waals surface area contributed by atoms with Gasteiger partial charge < -0.3 is 4.90 Å². The third-order valence-corrected chi connectivity index (χ3v) is 5.78. The molecular formula is C16H25N3O3S. The summed E-state index contributed by atoms with van der Waals surface area (Å²) in [6.07, 6.45) is 1.58. The van der Waals surface area contributed by atoms with Crippen LogP contribution in [-0.2, 0) is 28.1 Å². The molecule has 0 aromatic heterocycles. The summed E-state index contributed by atoms with van der Waals surface area (Å²) >= 11 is 0. The van der Waals surface area contributed by atoms with Crippen molar-refractivity contribution < 1.29 is 13.2 Å². The van der Waals surface area contributed by atoms with Crippen LogP contribution in [0.2, 0.25) is 0 Å². The Hall–Kier alpha value is -1.44. The SMILES string of the molecule is CCN(CC)S(=O)(=O)NCc1ccc(CN2CCCC2=O)cc1. The second-order valence-corrected chi connectivity index (χ2v) is 7.40. The number of benzene rings is 1. The highest BCUT2D eigenvalue weighted by Gasteiger charge is 2.20. The van der Waals surface area contributed by atoms with E-state index in [1.54, 1.807) is 0 Å². The van der Waals surface area contributed by atoms with E-state index in [9.17, 15) is 13.2 Å². The first-order valence-corrected chi connectivity index (χ1v) is 9.50. The number of hydrogen-bond donors (Lipinski definition) is 1. The minimum absolute atomic E-state index is 0.209. The largest absolute Gasteiger partial charge is 0.338 e. The third-order valence-electron chi connectivity index (χ3n) is 4.07. The van der Waals surface area contributed by atoms with Gasteiger partial charge in [0.05, 0.1) is 0 Å². The van der Waals surface area contributed by atoms with Gasteiger partial charge in [0.15, 0.2) is 0 Å². The normalized spacial score (nSPS) is 15.6. The Morgan fingerprint density at radius 1 is 1.13 bits per heavy atom. The predicted molar refractivity (Wildman–Crippen MR) is 89.8 cm³/mol. The van der Waals surface area contributed by atoms with Crippen LogP contribution >= 0.6 is 0 Å². The van der Waals surface area contributed by atoms with Gasteiger partial charge in [0, 0.05) is 39.1 Å². The van der Waals surface area contributed by atoms with Gasteiger partial charge in [0.25, 0.3) is 10.2 Å². The molecule has 0 aliphatic carbocycles. The molecule has 0 spiro atoms. The first kappa shape index (κ1) is 17.9. The van der Waals surface area contributed by atoms with Crippen LogP contribution in [0.25, 0.3) is 0 Å². The van der Waals surface area contributed by atoms with Crippen molar-refractivity contribution in [2.75, 3.05) is 19.6 Å². The fraction of sp³-hybridized carbons (Fsp3) is 0.562. The maximum atomic E-state index is 12.1. The van der Waals surface area contributed by atoms with Crippen LogP contribution in [0.5, 0.6) is 0 Å². The number of carbonyl (C=O) groups is 1. The highest BCUT2D eigenvalue weighted by atomic mass is 32.2. The van der Waals surface area contributed by atoms with E-state index in [4.69, 9.17) is 0 Å². The highest BCUT2D eigenvalue weighted by Crippen LogP contribution is 2.15. The molecule has 1 aromatic carbocycles. The number of nitrogens with zero attached hydrogens (tertiary/aromatic N) is 2. The molecular weight excluding hydrogens is 314 g/mol. The number of rotatable bonds is 8. The molecule has 128 valence electrons. The molecule has 0 radical (unpaired) electrons. The Morgan fingerprint density at radius 2 is 1.74 bits per heavy atom. The average molecular weight is 339 g/mol. The van der Waals surface area contributed by atoms with Gasteiger partial charge in [-0.15, -0.1) is 0 Å². The van der Waals surface area contributed by atoms with E-state index in [1.165, 1.54) is 4.31 Å². The molecule has 1 saturated heterocycles. The maximum Gasteiger partial charge on any atom is 0.279 e. The average Bonchev–Trinajstić information content (AvgIpc) is 2.93. The van der Waals surface area contributed by atoms with Crippen LogP contribution in [0.1, 0.15) is 37.8 Å². The van der Waals surface area contributed by atoms with Crippen molar-refractivity contribution in [1.29, 1.82) is 0 Å². The zero-order valence-electron chi connectivity index (χ0n) is 13.8. The predicted octanol–water partition coefficient (Wildman–Crippen LogP) is 1.49. The van der Waals surface area contributed by atoms with Crippen molar-refractivity contribution in [3.8, 4) is 0 Å². The zero-order valence-corrected chi connectivity index (χ0v) is 14.6. The molecule has 0 saturated carbocycles. The lowest BCUT2D eigenvalue weighted by Crippen LogP contribution is -2.40. The minimum atomic E-state index is -3.43. The van der Waals surface area contributed by atoms with Gasteiger partial charge in [0.2, 0.25) is 5.91 Å². The second kappa shape index (κ2) is 7.90. The molecule has 0 unspecified atom stereocenters. The highest BCUT2D eigenvalue weighted by molar-refractivity contribution is 7.87. The van der Waals surface area contributed by atoms with Crippen molar-refractivity contribution >= 4 is 16.1 Å². The fourth-order valence-corrected chi connectivity index (χ4v) is 3.89. The van der Waals surface area contributed by atoms with E-state index in [-0.39, 0.29) is 12.5 Å². The number of amides is 1. The topological polar surface area (TPSA) is 69.7 Å². The molecule has 1 N–H and O–H groups in total.